The number of rotatable bonds is 5. The first-order chi connectivity index (χ1) is 7.00. The Kier molecular flexibility index (Phi) is 4.43. The third-order valence-electron chi connectivity index (χ3n) is 4.49. The van der Waals surface area contributed by atoms with Crippen LogP contribution in [-0.4, -0.2) is 0 Å². The zero-order valence-corrected chi connectivity index (χ0v) is 11.1. The summed E-state index contributed by atoms with van der Waals surface area (Å²) >= 11 is 0. The fourth-order valence-corrected chi connectivity index (χ4v) is 3.18. The molecule has 1 aliphatic carbocycles. The van der Waals surface area contributed by atoms with Crippen LogP contribution in [0.4, 0.5) is 0 Å². The Morgan fingerprint density at radius 3 is 2.60 bits per heavy atom. The highest BCUT2D eigenvalue weighted by molar-refractivity contribution is 4.92. The van der Waals surface area contributed by atoms with Crippen LogP contribution in [0.2, 0.25) is 0 Å². The van der Waals surface area contributed by atoms with Crippen molar-refractivity contribution in [3.63, 3.8) is 0 Å². The fourth-order valence-electron chi connectivity index (χ4n) is 3.18. The Morgan fingerprint density at radius 2 is 2.07 bits per heavy atom. The van der Waals surface area contributed by atoms with Crippen molar-refractivity contribution in [3.05, 3.63) is 12.7 Å². The Hall–Kier alpha value is -0.260. The molecule has 0 N–H and O–H groups in total. The van der Waals surface area contributed by atoms with Crippen molar-refractivity contribution < 1.29 is 0 Å². The quantitative estimate of drug-likeness (QED) is 0.555. The van der Waals surface area contributed by atoms with E-state index in [4.69, 9.17) is 0 Å². The fraction of sp³-hybridized carbons (Fsp3) is 0.867. The second kappa shape index (κ2) is 5.18. The van der Waals surface area contributed by atoms with Crippen LogP contribution in [-0.2, 0) is 0 Å². The molecule has 0 amide bonds. The molecule has 3 atom stereocenters. The molecule has 1 fully saturated rings. The zero-order chi connectivity index (χ0) is 11.5. The molecule has 0 aromatic carbocycles. The van der Waals surface area contributed by atoms with Crippen LogP contribution in [0.25, 0.3) is 0 Å². The maximum Gasteiger partial charge on any atom is -0.0205 e. The average molecular weight is 208 g/mol. The van der Waals surface area contributed by atoms with Crippen molar-refractivity contribution in [2.45, 2.75) is 59.8 Å². The maximum atomic E-state index is 3.99. The third-order valence-corrected chi connectivity index (χ3v) is 4.49. The molecule has 0 radical (unpaired) electrons. The summed E-state index contributed by atoms with van der Waals surface area (Å²) in [5.41, 5.74) is 0.522. The van der Waals surface area contributed by atoms with Gasteiger partial charge in [0.25, 0.3) is 0 Å². The third kappa shape index (κ3) is 3.36. The van der Waals surface area contributed by atoms with Crippen molar-refractivity contribution >= 4 is 0 Å². The molecule has 1 saturated carbocycles. The summed E-state index contributed by atoms with van der Waals surface area (Å²) in [6.07, 6.45) is 9.09. The van der Waals surface area contributed by atoms with E-state index < -0.39 is 0 Å². The van der Waals surface area contributed by atoms with Gasteiger partial charge in [-0.3, -0.25) is 0 Å². The number of hydrogen-bond donors (Lipinski definition) is 0. The van der Waals surface area contributed by atoms with Gasteiger partial charge in [-0.05, 0) is 42.4 Å². The Labute approximate surface area is 96.2 Å². The number of allylic oxidation sites excluding steroid dienone is 1. The second-order valence-corrected chi connectivity index (χ2v) is 6.19. The van der Waals surface area contributed by atoms with E-state index in [0.29, 0.717) is 5.41 Å². The van der Waals surface area contributed by atoms with Gasteiger partial charge >= 0.3 is 0 Å². The minimum Gasteiger partial charge on any atom is -0.103 e. The van der Waals surface area contributed by atoms with E-state index in [2.05, 4.69) is 40.3 Å². The second-order valence-electron chi connectivity index (χ2n) is 6.19. The molecule has 0 aliphatic heterocycles. The van der Waals surface area contributed by atoms with E-state index >= 15 is 0 Å². The van der Waals surface area contributed by atoms with Crippen LogP contribution in [0.1, 0.15) is 59.8 Å². The summed E-state index contributed by atoms with van der Waals surface area (Å²) in [6.45, 7) is 13.6. The molecule has 0 spiro atoms. The Bertz CT molecular complexity index is 202. The molecular formula is C15H28. The summed E-state index contributed by atoms with van der Waals surface area (Å²) in [7, 11) is 0. The first kappa shape index (κ1) is 12.8. The van der Waals surface area contributed by atoms with E-state index in [1.807, 2.05) is 0 Å². The van der Waals surface area contributed by atoms with Gasteiger partial charge in [-0.1, -0.05) is 46.6 Å². The van der Waals surface area contributed by atoms with Crippen LogP contribution in [0.3, 0.4) is 0 Å². The van der Waals surface area contributed by atoms with E-state index in [0.717, 1.165) is 17.8 Å². The highest BCUT2D eigenvalue weighted by Crippen LogP contribution is 2.42. The molecule has 0 aromatic rings. The predicted molar refractivity (Wildman–Crippen MR) is 68.9 cm³/mol. The number of hydrogen-bond acceptors (Lipinski definition) is 0. The average Bonchev–Trinajstić information content (AvgIpc) is 2.64. The van der Waals surface area contributed by atoms with Crippen LogP contribution in [0, 0.1) is 23.2 Å². The topological polar surface area (TPSA) is 0 Å². The van der Waals surface area contributed by atoms with Crippen molar-refractivity contribution in [1.29, 1.82) is 0 Å². The van der Waals surface area contributed by atoms with Crippen molar-refractivity contribution in [1.82, 2.24) is 0 Å². The standard InChI is InChI=1S/C15H28/c1-6-13-9-8-10-14(13)12(3)11-15(4,5)7-2/h6,12-14H,1,7-11H2,2-5H3. The van der Waals surface area contributed by atoms with Crippen LogP contribution in [0.15, 0.2) is 12.7 Å². The van der Waals surface area contributed by atoms with E-state index in [9.17, 15) is 0 Å². The molecule has 0 aromatic heterocycles. The van der Waals surface area contributed by atoms with E-state index in [-0.39, 0.29) is 0 Å². The lowest BCUT2D eigenvalue weighted by atomic mass is 9.74. The SMILES string of the molecule is C=CC1CCCC1C(C)CC(C)(C)CC. The van der Waals surface area contributed by atoms with Crippen LogP contribution in [0.5, 0.6) is 0 Å². The van der Waals surface area contributed by atoms with Gasteiger partial charge in [-0.2, -0.15) is 0 Å². The van der Waals surface area contributed by atoms with Gasteiger partial charge in [-0.15, -0.1) is 6.58 Å². The molecule has 0 heterocycles. The smallest absolute Gasteiger partial charge is 0.0205 e. The first-order valence-electron chi connectivity index (χ1n) is 6.62. The molecule has 0 bridgehead atoms. The molecule has 0 heteroatoms. The molecular weight excluding hydrogens is 180 g/mol. The molecule has 1 aliphatic rings. The summed E-state index contributed by atoms with van der Waals surface area (Å²) in [5, 5.41) is 0. The highest BCUT2D eigenvalue weighted by Gasteiger charge is 2.32. The molecule has 3 unspecified atom stereocenters. The lowest BCUT2D eigenvalue weighted by Gasteiger charge is -2.31. The summed E-state index contributed by atoms with van der Waals surface area (Å²) in [6, 6.07) is 0. The monoisotopic (exact) mass is 208 g/mol. The summed E-state index contributed by atoms with van der Waals surface area (Å²) < 4.78 is 0. The minimum atomic E-state index is 0.522. The van der Waals surface area contributed by atoms with Gasteiger partial charge < -0.3 is 0 Å². The van der Waals surface area contributed by atoms with Crippen molar-refractivity contribution in [2.24, 2.45) is 23.2 Å². The molecule has 0 nitrogen and oxygen atoms in total. The lowest BCUT2D eigenvalue weighted by Crippen LogP contribution is -2.22. The van der Waals surface area contributed by atoms with Gasteiger partial charge in [0.15, 0.2) is 0 Å². The Balaban J connectivity index is 2.52. The molecule has 0 saturated heterocycles. The van der Waals surface area contributed by atoms with E-state index in [1.54, 1.807) is 0 Å². The molecule has 88 valence electrons. The maximum absolute atomic E-state index is 3.99. The van der Waals surface area contributed by atoms with Gasteiger partial charge in [0.2, 0.25) is 0 Å². The van der Waals surface area contributed by atoms with E-state index in [1.165, 1.54) is 32.1 Å². The summed E-state index contributed by atoms with van der Waals surface area (Å²) in [5.74, 6) is 2.58. The van der Waals surface area contributed by atoms with Gasteiger partial charge in [0.05, 0.1) is 0 Å². The van der Waals surface area contributed by atoms with Crippen molar-refractivity contribution in [2.75, 3.05) is 0 Å². The highest BCUT2D eigenvalue weighted by atomic mass is 14.4. The Morgan fingerprint density at radius 1 is 1.40 bits per heavy atom. The lowest BCUT2D eigenvalue weighted by molar-refractivity contribution is 0.199. The van der Waals surface area contributed by atoms with Crippen LogP contribution >= 0.6 is 0 Å². The van der Waals surface area contributed by atoms with Crippen molar-refractivity contribution in [3.8, 4) is 0 Å². The van der Waals surface area contributed by atoms with Gasteiger partial charge in [0.1, 0.15) is 0 Å². The van der Waals surface area contributed by atoms with Crippen LogP contribution < -0.4 is 0 Å². The summed E-state index contributed by atoms with van der Waals surface area (Å²) in [4.78, 5) is 0. The molecule has 1 rings (SSSR count). The first-order valence-corrected chi connectivity index (χ1v) is 6.62. The largest absolute Gasteiger partial charge is 0.103 e. The van der Waals surface area contributed by atoms with Gasteiger partial charge in [-0.25, -0.2) is 0 Å². The normalized spacial score (nSPS) is 29.1. The minimum absolute atomic E-state index is 0.522. The predicted octanol–water partition coefficient (Wildman–Crippen LogP) is 5.05. The zero-order valence-electron chi connectivity index (χ0n) is 11.1. The van der Waals surface area contributed by atoms with Gasteiger partial charge in [0, 0.05) is 0 Å². The molecule has 15 heavy (non-hydrogen) atoms.